The lowest BCUT2D eigenvalue weighted by atomic mass is 10.1. The van der Waals surface area contributed by atoms with Crippen molar-refractivity contribution in [3.63, 3.8) is 0 Å². The van der Waals surface area contributed by atoms with Crippen LogP contribution < -0.4 is 10.1 Å². The average molecular weight is 286 g/mol. The van der Waals surface area contributed by atoms with E-state index in [0.717, 1.165) is 11.1 Å². The van der Waals surface area contributed by atoms with E-state index in [1.54, 1.807) is 24.5 Å². The van der Waals surface area contributed by atoms with E-state index in [-0.39, 0.29) is 5.91 Å². The quantitative estimate of drug-likeness (QED) is 0.853. The molecular formula is C16H12ClNO2. The summed E-state index contributed by atoms with van der Waals surface area (Å²) in [6, 6.07) is 12.8. The Hall–Kier alpha value is -2.26. The van der Waals surface area contributed by atoms with Crippen molar-refractivity contribution >= 4 is 23.2 Å². The maximum Gasteiger partial charge on any atom is 0.256 e. The van der Waals surface area contributed by atoms with Crippen molar-refractivity contribution in [2.24, 2.45) is 0 Å². The number of aryl methyl sites for hydroxylation is 1. The Bertz CT molecular complexity index is 722. The van der Waals surface area contributed by atoms with Gasteiger partial charge in [-0.15, -0.1) is 0 Å². The van der Waals surface area contributed by atoms with E-state index in [9.17, 15) is 4.79 Å². The van der Waals surface area contributed by atoms with Crippen LogP contribution in [0.15, 0.2) is 48.7 Å². The SMILES string of the molecule is Cc1cc(Cl)ccc1OC=C1NC(=O)c2ccccc21. The topological polar surface area (TPSA) is 38.3 Å². The van der Waals surface area contributed by atoms with Crippen LogP contribution in [0.25, 0.3) is 5.70 Å². The first-order chi connectivity index (χ1) is 9.65. The number of halogens is 1. The normalized spacial score (nSPS) is 15.1. The summed E-state index contributed by atoms with van der Waals surface area (Å²) in [6.45, 7) is 1.92. The fraction of sp³-hybridized carbons (Fsp3) is 0.0625. The standard InChI is InChI=1S/C16H12ClNO2/c1-10-8-11(17)6-7-15(10)20-9-14-12-4-2-3-5-13(12)16(19)18-14/h2-9H,1H3,(H,18,19). The second-order valence-electron chi connectivity index (χ2n) is 4.56. The third kappa shape index (κ3) is 2.28. The second-order valence-corrected chi connectivity index (χ2v) is 5.00. The lowest BCUT2D eigenvalue weighted by Crippen LogP contribution is -2.12. The Balaban J connectivity index is 1.89. The predicted molar refractivity (Wildman–Crippen MR) is 78.7 cm³/mol. The van der Waals surface area contributed by atoms with Crippen molar-refractivity contribution in [3.8, 4) is 5.75 Å². The number of rotatable bonds is 2. The molecule has 3 rings (SSSR count). The summed E-state index contributed by atoms with van der Waals surface area (Å²) in [5, 5.41) is 3.46. The molecule has 0 aliphatic carbocycles. The molecule has 0 atom stereocenters. The predicted octanol–water partition coefficient (Wildman–Crippen LogP) is 3.77. The first-order valence-electron chi connectivity index (χ1n) is 6.19. The number of ether oxygens (including phenoxy) is 1. The van der Waals surface area contributed by atoms with Crippen LogP contribution in [0.3, 0.4) is 0 Å². The van der Waals surface area contributed by atoms with E-state index in [2.05, 4.69) is 5.32 Å². The number of carbonyl (C=O) groups excluding carboxylic acids is 1. The average Bonchev–Trinajstić information content (AvgIpc) is 2.75. The number of hydrogen-bond acceptors (Lipinski definition) is 2. The Labute approximate surface area is 121 Å². The van der Waals surface area contributed by atoms with Gasteiger partial charge in [0.05, 0.1) is 5.70 Å². The second kappa shape index (κ2) is 5.02. The van der Waals surface area contributed by atoms with E-state index < -0.39 is 0 Å². The molecule has 1 N–H and O–H groups in total. The van der Waals surface area contributed by atoms with Gasteiger partial charge < -0.3 is 10.1 Å². The van der Waals surface area contributed by atoms with E-state index in [0.29, 0.717) is 22.0 Å². The monoisotopic (exact) mass is 285 g/mol. The lowest BCUT2D eigenvalue weighted by Gasteiger charge is -2.06. The van der Waals surface area contributed by atoms with Crippen LogP contribution in [0.5, 0.6) is 5.75 Å². The molecule has 2 aromatic rings. The maximum absolute atomic E-state index is 11.8. The summed E-state index contributed by atoms with van der Waals surface area (Å²) in [4.78, 5) is 11.8. The van der Waals surface area contributed by atoms with E-state index in [4.69, 9.17) is 16.3 Å². The van der Waals surface area contributed by atoms with Gasteiger partial charge in [-0.1, -0.05) is 29.8 Å². The summed E-state index contributed by atoms with van der Waals surface area (Å²) in [5.74, 6) is 0.601. The molecule has 0 spiro atoms. The van der Waals surface area contributed by atoms with Crippen LogP contribution in [0.2, 0.25) is 5.02 Å². The van der Waals surface area contributed by atoms with Gasteiger partial charge in [-0.25, -0.2) is 0 Å². The third-order valence-corrected chi connectivity index (χ3v) is 3.39. The van der Waals surface area contributed by atoms with Gasteiger partial charge in [0.1, 0.15) is 12.0 Å². The van der Waals surface area contributed by atoms with Crippen LogP contribution in [0.4, 0.5) is 0 Å². The lowest BCUT2D eigenvalue weighted by molar-refractivity contribution is 0.0980. The number of amides is 1. The van der Waals surface area contributed by atoms with Crippen molar-refractivity contribution < 1.29 is 9.53 Å². The zero-order valence-corrected chi connectivity index (χ0v) is 11.6. The number of carbonyl (C=O) groups is 1. The van der Waals surface area contributed by atoms with Crippen molar-refractivity contribution in [2.75, 3.05) is 0 Å². The van der Waals surface area contributed by atoms with Crippen molar-refractivity contribution in [3.05, 3.63) is 70.4 Å². The molecule has 0 saturated heterocycles. The summed E-state index contributed by atoms with van der Waals surface area (Å²) in [5.41, 5.74) is 3.12. The Kier molecular flexibility index (Phi) is 3.20. The van der Waals surface area contributed by atoms with E-state index in [1.165, 1.54) is 0 Å². The minimum absolute atomic E-state index is 0.108. The minimum Gasteiger partial charge on any atom is -0.463 e. The van der Waals surface area contributed by atoms with Gasteiger partial charge in [0.25, 0.3) is 5.91 Å². The van der Waals surface area contributed by atoms with Crippen molar-refractivity contribution in [2.45, 2.75) is 6.92 Å². The zero-order chi connectivity index (χ0) is 14.1. The van der Waals surface area contributed by atoms with Crippen molar-refractivity contribution in [1.82, 2.24) is 5.32 Å². The molecule has 1 aliphatic heterocycles. The van der Waals surface area contributed by atoms with Gasteiger partial charge in [0, 0.05) is 16.1 Å². The molecule has 1 aliphatic rings. The first-order valence-corrected chi connectivity index (χ1v) is 6.56. The highest BCUT2D eigenvalue weighted by Gasteiger charge is 2.23. The van der Waals surface area contributed by atoms with Gasteiger partial charge in [-0.05, 0) is 36.8 Å². The number of fused-ring (bicyclic) bond motifs is 1. The molecule has 0 radical (unpaired) electrons. The van der Waals surface area contributed by atoms with Gasteiger partial charge in [-0.3, -0.25) is 4.79 Å². The fourth-order valence-corrected chi connectivity index (χ4v) is 2.36. The molecule has 0 unspecified atom stereocenters. The smallest absolute Gasteiger partial charge is 0.256 e. The molecule has 1 amide bonds. The molecule has 0 saturated carbocycles. The molecule has 0 fully saturated rings. The van der Waals surface area contributed by atoms with Crippen LogP contribution in [0, 0.1) is 6.92 Å². The molecule has 3 nitrogen and oxygen atoms in total. The molecular weight excluding hydrogens is 274 g/mol. The Morgan fingerprint density at radius 1 is 1.15 bits per heavy atom. The van der Waals surface area contributed by atoms with E-state index in [1.807, 2.05) is 31.2 Å². The van der Waals surface area contributed by atoms with Gasteiger partial charge in [-0.2, -0.15) is 0 Å². The van der Waals surface area contributed by atoms with Crippen LogP contribution >= 0.6 is 11.6 Å². The summed E-state index contributed by atoms with van der Waals surface area (Å²) in [7, 11) is 0. The molecule has 2 aromatic carbocycles. The molecule has 4 heteroatoms. The van der Waals surface area contributed by atoms with E-state index >= 15 is 0 Å². The summed E-state index contributed by atoms with van der Waals surface area (Å²) >= 11 is 5.90. The first kappa shape index (κ1) is 12.8. The highest BCUT2D eigenvalue weighted by Crippen LogP contribution is 2.26. The maximum atomic E-state index is 11.8. The number of hydrogen-bond donors (Lipinski definition) is 1. The Morgan fingerprint density at radius 2 is 1.90 bits per heavy atom. The third-order valence-electron chi connectivity index (χ3n) is 3.15. The molecule has 0 aromatic heterocycles. The number of nitrogens with one attached hydrogen (secondary N) is 1. The fourth-order valence-electron chi connectivity index (χ4n) is 2.13. The highest BCUT2D eigenvalue weighted by atomic mass is 35.5. The van der Waals surface area contributed by atoms with Gasteiger partial charge >= 0.3 is 0 Å². The number of benzene rings is 2. The van der Waals surface area contributed by atoms with Crippen LogP contribution in [0.1, 0.15) is 21.5 Å². The summed E-state index contributed by atoms with van der Waals surface area (Å²) in [6.07, 6.45) is 1.56. The minimum atomic E-state index is -0.108. The Morgan fingerprint density at radius 3 is 2.65 bits per heavy atom. The molecule has 100 valence electrons. The highest BCUT2D eigenvalue weighted by molar-refractivity contribution is 6.30. The summed E-state index contributed by atoms with van der Waals surface area (Å²) < 4.78 is 5.65. The molecule has 20 heavy (non-hydrogen) atoms. The zero-order valence-electron chi connectivity index (χ0n) is 10.8. The largest absolute Gasteiger partial charge is 0.463 e. The molecule has 0 bridgehead atoms. The van der Waals surface area contributed by atoms with Gasteiger partial charge in [0.2, 0.25) is 0 Å². The van der Waals surface area contributed by atoms with Crippen LogP contribution in [-0.4, -0.2) is 5.91 Å². The van der Waals surface area contributed by atoms with Crippen molar-refractivity contribution in [1.29, 1.82) is 0 Å². The van der Waals surface area contributed by atoms with Crippen LogP contribution in [-0.2, 0) is 0 Å². The van der Waals surface area contributed by atoms with Gasteiger partial charge in [0.15, 0.2) is 0 Å². The molecule has 1 heterocycles.